The normalized spacial score (nSPS) is 23.0. The van der Waals surface area contributed by atoms with Gasteiger partial charge in [-0.15, -0.1) is 0 Å². The Morgan fingerprint density at radius 2 is 0.941 bits per heavy atom. The molecule has 8 rings (SSSR count). The maximum Gasteiger partial charge on any atom is -1.00 e. The first kappa shape index (κ1) is 38.4. The van der Waals surface area contributed by atoms with Crippen molar-refractivity contribution in [3.63, 3.8) is 0 Å². The molecule has 0 aromatic heterocycles. The summed E-state index contributed by atoms with van der Waals surface area (Å²) in [6.45, 7) is 14.3. The third kappa shape index (κ3) is 6.60. The average molecular weight is 752 g/mol. The van der Waals surface area contributed by atoms with Crippen LogP contribution in [0.4, 0.5) is 0 Å². The Labute approximate surface area is 324 Å². The summed E-state index contributed by atoms with van der Waals surface area (Å²) in [6.07, 6.45) is 15.9. The van der Waals surface area contributed by atoms with Crippen LogP contribution in [0.15, 0.2) is 96.1 Å². The van der Waals surface area contributed by atoms with Crippen LogP contribution in [0.5, 0.6) is 0 Å². The van der Waals surface area contributed by atoms with Crippen LogP contribution in [0, 0.1) is 11.8 Å². The van der Waals surface area contributed by atoms with E-state index in [2.05, 4.69) is 139 Å². The Bertz CT molecular complexity index is 1770. The fourth-order valence-electron chi connectivity index (χ4n) is 11.0. The molecule has 3 aliphatic carbocycles. The molecule has 1 saturated heterocycles. The van der Waals surface area contributed by atoms with Gasteiger partial charge in [-0.05, 0) is 0 Å². The molecule has 1 saturated carbocycles. The summed E-state index contributed by atoms with van der Waals surface area (Å²) in [5.74, 6) is 1.32. The number of fused-ring (bicyclic) bond motifs is 3. The van der Waals surface area contributed by atoms with Gasteiger partial charge in [0.15, 0.2) is 0 Å². The van der Waals surface area contributed by atoms with Gasteiger partial charge in [0.2, 0.25) is 0 Å². The molecule has 0 nitrogen and oxygen atoms in total. The van der Waals surface area contributed by atoms with Crippen molar-refractivity contribution >= 4 is 12.2 Å². The molecule has 4 atom stereocenters. The first-order chi connectivity index (χ1) is 23.8. The summed E-state index contributed by atoms with van der Waals surface area (Å²) >= 11 is -2.73. The van der Waals surface area contributed by atoms with Crippen LogP contribution in [0.3, 0.4) is 0 Å². The zero-order chi connectivity index (χ0) is 33.9. The Hall–Kier alpha value is -2.35. The third-order valence-electron chi connectivity index (χ3n) is 12.9. The molecule has 3 heteroatoms. The van der Waals surface area contributed by atoms with E-state index in [0.717, 1.165) is 21.3 Å². The Morgan fingerprint density at radius 1 is 0.549 bits per heavy atom. The van der Waals surface area contributed by atoms with E-state index in [1.807, 2.05) is 0 Å². The van der Waals surface area contributed by atoms with Crippen molar-refractivity contribution < 1.29 is 41.4 Å². The second-order valence-corrected chi connectivity index (χ2v) is 24.0. The zero-order valence-corrected chi connectivity index (χ0v) is 34.7. The Kier molecular flexibility index (Phi) is 11.7. The van der Waals surface area contributed by atoms with Crippen LogP contribution >= 0.6 is 0 Å². The SMILES string of the molecule is CCc1ccc(-c2cccc3c2C=C(CC(C)C)[CH]3[Ti+2]2([CH]3C(CC(C)C)=Cc4c(-c5ccc(CC)cc5)cccc43)[CH]3CCCC[CH]32)cc1.[Cl-].[Cl-]. The van der Waals surface area contributed by atoms with Crippen molar-refractivity contribution in [1.29, 1.82) is 0 Å². The van der Waals surface area contributed by atoms with Crippen LogP contribution in [-0.2, 0) is 29.4 Å². The second-order valence-electron chi connectivity index (χ2n) is 16.7. The number of hydrogen-bond acceptors (Lipinski definition) is 0. The van der Waals surface area contributed by atoms with E-state index in [0.29, 0.717) is 20.3 Å². The molecule has 0 spiro atoms. The van der Waals surface area contributed by atoms with Crippen LogP contribution in [0.25, 0.3) is 34.4 Å². The van der Waals surface area contributed by atoms with E-state index in [1.165, 1.54) is 71.9 Å². The topological polar surface area (TPSA) is 0 Å². The second kappa shape index (κ2) is 15.6. The van der Waals surface area contributed by atoms with Gasteiger partial charge in [-0.25, -0.2) is 0 Å². The number of benzene rings is 4. The summed E-state index contributed by atoms with van der Waals surface area (Å²) in [7, 11) is 0. The zero-order valence-electron chi connectivity index (χ0n) is 31.6. The third-order valence-corrected chi connectivity index (χ3v) is 23.7. The minimum Gasteiger partial charge on any atom is -1.00 e. The molecule has 4 aromatic rings. The monoisotopic (exact) mass is 750 g/mol. The van der Waals surface area contributed by atoms with Crippen molar-refractivity contribution in [3.8, 4) is 22.3 Å². The summed E-state index contributed by atoms with van der Waals surface area (Å²) in [4.78, 5) is 0. The van der Waals surface area contributed by atoms with Gasteiger partial charge < -0.3 is 24.8 Å². The van der Waals surface area contributed by atoms with Crippen molar-refractivity contribution in [2.24, 2.45) is 11.8 Å². The van der Waals surface area contributed by atoms with Crippen LogP contribution < -0.4 is 24.8 Å². The van der Waals surface area contributed by atoms with Crippen LogP contribution in [-0.4, -0.2) is 0 Å². The predicted molar refractivity (Wildman–Crippen MR) is 209 cm³/mol. The van der Waals surface area contributed by atoms with Crippen molar-refractivity contribution in [2.75, 3.05) is 0 Å². The molecule has 4 aliphatic rings. The Balaban J connectivity index is 0.00000224. The molecule has 0 bridgehead atoms. The van der Waals surface area contributed by atoms with Crippen molar-refractivity contribution in [3.05, 3.63) is 129 Å². The standard InChI is InChI=1S/2C21H23.C6H10.2ClH.Ti/c2*1-4-16-8-10-18(11-9-16)20-7-5-6-19-13-17(12-15(2)3)14-21(19)20;1-2-4-6-5-3-1;;;/h2*5-11,13-15H,4,12H2,1-3H3;1-2H,3-6H2;2*1H;/q;;;;;+2/p-2. The van der Waals surface area contributed by atoms with Gasteiger partial charge in [-0.3, -0.25) is 0 Å². The first-order valence-corrected chi connectivity index (χ1v) is 23.3. The number of halogens is 2. The first-order valence-electron chi connectivity index (χ1n) is 19.7. The van der Waals surface area contributed by atoms with Gasteiger partial charge in [-0.2, -0.15) is 0 Å². The largest absolute Gasteiger partial charge is 1.00 e. The molecule has 2 fully saturated rings. The fraction of sp³-hybridized carbons (Fsp3) is 0.417. The number of rotatable bonds is 10. The molecule has 1 aliphatic heterocycles. The van der Waals surface area contributed by atoms with Gasteiger partial charge in [0.05, 0.1) is 0 Å². The smallest absolute Gasteiger partial charge is 1.00 e. The summed E-state index contributed by atoms with van der Waals surface area (Å²) in [5, 5.41) is 0. The number of allylic oxidation sites excluding steroid dienone is 2. The number of aryl methyl sites for hydroxylation is 2. The Morgan fingerprint density at radius 3 is 1.29 bits per heavy atom. The fourth-order valence-corrected chi connectivity index (χ4v) is 25.1. The van der Waals surface area contributed by atoms with E-state index < -0.39 is 16.6 Å². The summed E-state index contributed by atoms with van der Waals surface area (Å²) in [5.41, 5.74) is 18.6. The molecule has 4 aromatic carbocycles. The van der Waals surface area contributed by atoms with Gasteiger partial charge in [-0.1, -0.05) is 0 Å². The molecule has 0 radical (unpaired) electrons. The summed E-state index contributed by atoms with van der Waals surface area (Å²) < 4.78 is 3.29. The van der Waals surface area contributed by atoms with Crippen LogP contribution in [0.2, 0.25) is 8.45 Å². The van der Waals surface area contributed by atoms with Gasteiger partial charge >= 0.3 is 302 Å². The quantitative estimate of drug-likeness (QED) is 0.144. The van der Waals surface area contributed by atoms with Crippen molar-refractivity contribution in [2.45, 2.75) is 110 Å². The molecular weight excluding hydrogens is 695 g/mol. The molecule has 0 N–H and O–H groups in total. The maximum atomic E-state index is 2.73. The molecule has 0 amide bonds. The van der Waals surface area contributed by atoms with Gasteiger partial charge in [0.25, 0.3) is 0 Å². The van der Waals surface area contributed by atoms with E-state index in [9.17, 15) is 0 Å². The van der Waals surface area contributed by atoms with E-state index in [-0.39, 0.29) is 24.8 Å². The summed E-state index contributed by atoms with van der Waals surface area (Å²) in [6, 6.07) is 33.7. The minimum absolute atomic E-state index is 0. The number of hydrogen-bond donors (Lipinski definition) is 0. The van der Waals surface area contributed by atoms with Crippen LogP contribution in [0.1, 0.15) is 122 Å². The predicted octanol–water partition coefficient (Wildman–Crippen LogP) is 8.14. The molecule has 1 heterocycles. The average Bonchev–Trinajstić information content (AvgIpc) is 3.39. The minimum atomic E-state index is -2.73. The van der Waals surface area contributed by atoms with Crippen molar-refractivity contribution in [1.82, 2.24) is 0 Å². The molecule has 266 valence electrons. The van der Waals surface area contributed by atoms with Gasteiger partial charge in [0.1, 0.15) is 0 Å². The molecule has 4 unspecified atom stereocenters. The van der Waals surface area contributed by atoms with E-state index in [4.69, 9.17) is 0 Å². The van der Waals surface area contributed by atoms with E-state index >= 15 is 0 Å². The molecular formula is C48H56Cl2Ti. The maximum absolute atomic E-state index is 2.73. The van der Waals surface area contributed by atoms with E-state index in [1.54, 1.807) is 33.4 Å². The molecule has 51 heavy (non-hydrogen) atoms. The van der Waals surface area contributed by atoms with Gasteiger partial charge in [0, 0.05) is 0 Å².